The fourth-order valence-corrected chi connectivity index (χ4v) is 3.95. The van der Waals surface area contributed by atoms with Crippen LogP contribution in [0.3, 0.4) is 0 Å². The first kappa shape index (κ1) is 17.2. The van der Waals surface area contributed by atoms with Gasteiger partial charge in [0.25, 0.3) is 0 Å². The molecule has 2 amide bonds. The summed E-state index contributed by atoms with van der Waals surface area (Å²) in [6.07, 6.45) is 0.230. The van der Waals surface area contributed by atoms with Crippen molar-refractivity contribution in [3.63, 3.8) is 0 Å². The maximum Gasteiger partial charge on any atom is 0.229 e. The average Bonchev–Trinajstić information content (AvgIpc) is 2.92. The zero-order chi connectivity index (χ0) is 17.3. The molecule has 24 heavy (non-hydrogen) atoms. The molecule has 0 saturated carbocycles. The van der Waals surface area contributed by atoms with Crippen LogP contribution in [0.2, 0.25) is 0 Å². The number of hydrogen-bond acceptors (Lipinski definition) is 2. The number of nitrogens with zero attached hydrogens (tertiary/aromatic N) is 1. The molecule has 1 fully saturated rings. The van der Waals surface area contributed by atoms with Gasteiger partial charge < -0.3 is 10.2 Å². The van der Waals surface area contributed by atoms with Crippen LogP contribution in [0, 0.1) is 12.8 Å². The topological polar surface area (TPSA) is 49.4 Å². The number of rotatable bonds is 3. The molecule has 2 aromatic carbocycles. The van der Waals surface area contributed by atoms with Crippen LogP contribution in [0.15, 0.2) is 51.4 Å². The first-order valence-electron chi connectivity index (χ1n) is 7.57. The van der Waals surface area contributed by atoms with Crippen molar-refractivity contribution in [1.82, 2.24) is 0 Å². The SMILES string of the molecule is Cc1ccccc1N1C[C@H](C(=O)Nc2ccc(Br)cc2Br)CC1=O. The summed E-state index contributed by atoms with van der Waals surface area (Å²) in [5.41, 5.74) is 2.61. The maximum absolute atomic E-state index is 12.5. The van der Waals surface area contributed by atoms with Gasteiger partial charge in [-0.1, -0.05) is 34.1 Å². The molecule has 3 rings (SSSR count). The molecule has 4 nitrogen and oxygen atoms in total. The van der Waals surface area contributed by atoms with Gasteiger partial charge in [0.2, 0.25) is 11.8 Å². The lowest BCUT2D eigenvalue weighted by molar-refractivity contribution is -0.122. The molecular weight excluding hydrogens is 436 g/mol. The predicted molar refractivity (Wildman–Crippen MR) is 102 cm³/mol. The van der Waals surface area contributed by atoms with Gasteiger partial charge in [-0.25, -0.2) is 0 Å². The first-order chi connectivity index (χ1) is 11.5. The average molecular weight is 452 g/mol. The van der Waals surface area contributed by atoms with Crippen LogP contribution < -0.4 is 10.2 Å². The van der Waals surface area contributed by atoms with Crippen molar-refractivity contribution < 1.29 is 9.59 Å². The van der Waals surface area contributed by atoms with E-state index in [-0.39, 0.29) is 24.2 Å². The van der Waals surface area contributed by atoms with Crippen LogP contribution >= 0.6 is 31.9 Å². The van der Waals surface area contributed by atoms with E-state index in [0.29, 0.717) is 12.2 Å². The third kappa shape index (κ3) is 3.54. The molecular formula is C18H16Br2N2O2. The molecule has 124 valence electrons. The molecule has 0 bridgehead atoms. The first-order valence-corrected chi connectivity index (χ1v) is 9.16. The third-order valence-corrected chi connectivity index (χ3v) is 5.24. The highest BCUT2D eigenvalue weighted by atomic mass is 79.9. The second-order valence-electron chi connectivity index (χ2n) is 5.81. The molecule has 0 aromatic heterocycles. The van der Waals surface area contributed by atoms with E-state index in [0.717, 1.165) is 20.2 Å². The fourth-order valence-electron chi connectivity index (χ4n) is 2.81. The van der Waals surface area contributed by atoms with Crippen molar-refractivity contribution in [2.24, 2.45) is 5.92 Å². The Balaban J connectivity index is 1.73. The highest BCUT2D eigenvalue weighted by Gasteiger charge is 2.35. The monoisotopic (exact) mass is 450 g/mol. The number of halogens is 2. The predicted octanol–water partition coefficient (Wildman–Crippen LogP) is 4.51. The maximum atomic E-state index is 12.5. The van der Waals surface area contributed by atoms with Crippen LogP contribution in [0.1, 0.15) is 12.0 Å². The molecule has 6 heteroatoms. The molecule has 0 aliphatic carbocycles. The number of nitrogens with one attached hydrogen (secondary N) is 1. The smallest absolute Gasteiger partial charge is 0.229 e. The van der Waals surface area contributed by atoms with Gasteiger partial charge in [-0.3, -0.25) is 9.59 Å². The van der Waals surface area contributed by atoms with Gasteiger partial charge >= 0.3 is 0 Å². The summed E-state index contributed by atoms with van der Waals surface area (Å²) in [6, 6.07) is 13.3. The number of amides is 2. The number of benzene rings is 2. The Kier molecular flexibility index (Phi) is 5.06. The molecule has 2 aromatic rings. The number of carbonyl (C=O) groups excluding carboxylic acids is 2. The quantitative estimate of drug-likeness (QED) is 0.746. The summed E-state index contributed by atoms with van der Waals surface area (Å²) in [7, 11) is 0. The Morgan fingerprint density at radius 2 is 1.96 bits per heavy atom. The van der Waals surface area contributed by atoms with Crippen LogP contribution in [-0.4, -0.2) is 18.4 Å². The van der Waals surface area contributed by atoms with E-state index in [1.54, 1.807) is 4.90 Å². The number of aryl methyl sites for hydroxylation is 1. The minimum Gasteiger partial charge on any atom is -0.325 e. The van der Waals surface area contributed by atoms with E-state index < -0.39 is 0 Å². The molecule has 0 radical (unpaired) electrons. The molecule has 1 aliphatic heterocycles. The molecule has 1 atom stereocenters. The third-order valence-electron chi connectivity index (χ3n) is 4.09. The minimum atomic E-state index is -0.354. The molecule has 1 aliphatic rings. The number of anilines is 2. The summed E-state index contributed by atoms with van der Waals surface area (Å²) in [5.74, 6) is -0.505. The Hall–Kier alpha value is -1.66. The van der Waals surface area contributed by atoms with Crippen LogP contribution in [0.4, 0.5) is 11.4 Å². The fraction of sp³-hybridized carbons (Fsp3) is 0.222. The van der Waals surface area contributed by atoms with Gasteiger partial charge in [-0.15, -0.1) is 0 Å². The largest absolute Gasteiger partial charge is 0.325 e. The zero-order valence-electron chi connectivity index (χ0n) is 13.1. The van der Waals surface area contributed by atoms with Crippen molar-refractivity contribution in [3.05, 3.63) is 57.0 Å². The lowest BCUT2D eigenvalue weighted by Gasteiger charge is -2.19. The number of carbonyl (C=O) groups is 2. The van der Waals surface area contributed by atoms with Gasteiger partial charge in [0, 0.05) is 27.6 Å². The summed E-state index contributed by atoms with van der Waals surface area (Å²) in [6.45, 7) is 2.37. The van der Waals surface area contributed by atoms with Crippen molar-refractivity contribution in [2.45, 2.75) is 13.3 Å². The Morgan fingerprint density at radius 3 is 2.67 bits per heavy atom. The van der Waals surface area contributed by atoms with Gasteiger partial charge in [0.05, 0.1) is 11.6 Å². The van der Waals surface area contributed by atoms with Crippen molar-refractivity contribution in [3.8, 4) is 0 Å². The Bertz CT molecular complexity index is 807. The lowest BCUT2D eigenvalue weighted by atomic mass is 10.1. The highest BCUT2D eigenvalue weighted by Crippen LogP contribution is 2.30. The summed E-state index contributed by atoms with van der Waals surface area (Å²) >= 11 is 6.82. The van der Waals surface area contributed by atoms with E-state index in [9.17, 15) is 9.59 Å². The van der Waals surface area contributed by atoms with Crippen LogP contribution in [0.25, 0.3) is 0 Å². The van der Waals surface area contributed by atoms with E-state index in [1.165, 1.54) is 0 Å². The highest BCUT2D eigenvalue weighted by molar-refractivity contribution is 9.11. The van der Waals surface area contributed by atoms with Gasteiger partial charge in [0.15, 0.2) is 0 Å². The minimum absolute atomic E-state index is 0.0145. The summed E-state index contributed by atoms with van der Waals surface area (Å²) in [5, 5.41) is 2.90. The normalized spacial score (nSPS) is 17.2. The van der Waals surface area contributed by atoms with Crippen molar-refractivity contribution >= 4 is 55.0 Å². The Morgan fingerprint density at radius 1 is 1.21 bits per heavy atom. The number of hydrogen-bond donors (Lipinski definition) is 1. The summed E-state index contributed by atoms with van der Waals surface area (Å²) < 4.78 is 1.72. The van der Waals surface area contributed by atoms with Crippen molar-refractivity contribution in [1.29, 1.82) is 0 Å². The van der Waals surface area contributed by atoms with E-state index in [2.05, 4.69) is 37.2 Å². The van der Waals surface area contributed by atoms with Gasteiger partial charge in [-0.2, -0.15) is 0 Å². The second kappa shape index (κ2) is 7.07. The van der Waals surface area contributed by atoms with E-state index in [1.807, 2.05) is 49.4 Å². The molecule has 0 spiro atoms. The molecule has 1 N–H and O–H groups in total. The standard InChI is InChI=1S/C18H16Br2N2O2/c1-11-4-2-3-5-16(11)22-10-12(8-17(22)23)18(24)21-15-7-6-13(19)9-14(15)20/h2-7,9,12H,8,10H2,1H3,(H,21,24)/t12-/m1/s1. The van der Waals surface area contributed by atoms with Crippen LogP contribution in [0.5, 0.6) is 0 Å². The summed E-state index contributed by atoms with van der Waals surface area (Å²) in [4.78, 5) is 26.6. The zero-order valence-corrected chi connectivity index (χ0v) is 16.2. The number of para-hydroxylation sites is 1. The second-order valence-corrected chi connectivity index (χ2v) is 7.58. The van der Waals surface area contributed by atoms with Crippen LogP contribution in [-0.2, 0) is 9.59 Å². The van der Waals surface area contributed by atoms with Gasteiger partial charge in [-0.05, 0) is 52.7 Å². The van der Waals surface area contributed by atoms with E-state index in [4.69, 9.17) is 0 Å². The van der Waals surface area contributed by atoms with E-state index >= 15 is 0 Å². The van der Waals surface area contributed by atoms with Gasteiger partial charge in [0.1, 0.15) is 0 Å². The molecule has 1 saturated heterocycles. The lowest BCUT2D eigenvalue weighted by Crippen LogP contribution is -2.28. The van der Waals surface area contributed by atoms with Crippen molar-refractivity contribution in [2.75, 3.05) is 16.8 Å². The molecule has 1 heterocycles. The Labute approximate surface area is 157 Å². The molecule has 0 unspecified atom stereocenters.